The van der Waals surface area contributed by atoms with Crippen LogP contribution < -0.4 is 11.1 Å². The number of nitrogens with zero attached hydrogens (tertiary/aromatic N) is 3. The van der Waals surface area contributed by atoms with Gasteiger partial charge in [0.05, 0.1) is 18.3 Å². The van der Waals surface area contributed by atoms with Gasteiger partial charge in [-0.1, -0.05) is 16.3 Å². The molecular weight excluding hydrogens is 250 g/mol. The zero-order valence-corrected chi connectivity index (χ0v) is 10.1. The van der Waals surface area contributed by atoms with Gasteiger partial charge in [-0.3, -0.25) is 4.79 Å². The zero-order chi connectivity index (χ0) is 12.8. The first-order valence-corrected chi connectivity index (χ1v) is 5.81. The van der Waals surface area contributed by atoms with E-state index in [1.165, 1.54) is 12.4 Å². The SMILES string of the molecule is NCC#Cc1cccnc1C(=O)Nc1cnns1. The van der Waals surface area contributed by atoms with Crippen LogP contribution in [0.15, 0.2) is 24.5 Å². The Morgan fingerprint density at radius 1 is 1.56 bits per heavy atom. The molecule has 0 aliphatic rings. The topological polar surface area (TPSA) is 93.8 Å². The van der Waals surface area contributed by atoms with E-state index in [-0.39, 0.29) is 18.1 Å². The Kier molecular flexibility index (Phi) is 3.96. The van der Waals surface area contributed by atoms with Crippen molar-refractivity contribution in [1.29, 1.82) is 0 Å². The summed E-state index contributed by atoms with van der Waals surface area (Å²) in [6.45, 7) is 0.231. The largest absolute Gasteiger partial charge is 0.320 e. The van der Waals surface area contributed by atoms with Crippen molar-refractivity contribution in [3.05, 3.63) is 35.8 Å². The maximum atomic E-state index is 12.0. The van der Waals surface area contributed by atoms with Crippen molar-refractivity contribution in [2.45, 2.75) is 0 Å². The number of aromatic nitrogens is 3. The maximum Gasteiger partial charge on any atom is 0.276 e. The van der Waals surface area contributed by atoms with Gasteiger partial charge < -0.3 is 11.1 Å². The quantitative estimate of drug-likeness (QED) is 0.766. The van der Waals surface area contributed by atoms with Gasteiger partial charge >= 0.3 is 0 Å². The second-order valence-corrected chi connectivity index (χ2v) is 3.93. The second kappa shape index (κ2) is 5.86. The summed E-state index contributed by atoms with van der Waals surface area (Å²) in [5.74, 6) is 5.16. The minimum atomic E-state index is -0.344. The molecule has 18 heavy (non-hydrogen) atoms. The Morgan fingerprint density at radius 3 is 3.17 bits per heavy atom. The highest BCUT2D eigenvalue weighted by molar-refractivity contribution is 7.10. The number of amides is 1. The van der Waals surface area contributed by atoms with Gasteiger partial charge in [-0.2, -0.15) is 0 Å². The van der Waals surface area contributed by atoms with E-state index >= 15 is 0 Å². The number of nitrogens with two attached hydrogens (primary N) is 1. The molecule has 1 amide bonds. The van der Waals surface area contributed by atoms with E-state index in [0.29, 0.717) is 10.6 Å². The average molecular weight is 259 g/mol. The standard InChI is InChI=1S/C11H9N5OS/c12-5-1-3-8-4-2-6-13-10(8)11(17)15-9-7-14-16-18-9/h2,4,6-7H,5,12H2,(H,15,17). The third-order valence-electron chi connectivity index (χ3n) is 1.95. The summed E-state index contributed by atoms with van der Waals surface area (Å²) in [6.07, 6.45) is 3.00. The fourth-order valence-corrected chi connectivity index (χ4v) is 1.64. The number of nitrogens with one attached hydrogen (secondary N) is 1. The first-order valence-electron chi connectivity index (χ1n) is 5.04. The monoisotopic (exact) mass is 259 g/mol. The van der Waals surface area contributed by atoms with Crippen molar-refractivity contribution in [2.75, 3.05) is 11.9 Å². The van der Waals surface area contributed by atoms with Gasteiger partial charge in [0.15, 0.2) is 0 Å². The Balaban J connectivity index is 2.24. The predicted octanol–water partition coefficient (Wildman–Crippen LogP) is 0.496. The lowest BCUT2D eigenvalue weighted by atomic mass is 10.2. The Morgan fingerprint density at radius 2 is 2.44 bits per heavy atom. The molecule has 0 spiro atoms. The summed E-state index contributed by atoms with van der Waals surface area (Å²) in [6, 6.07) is 3.43. The minimum Gasteiger partial charge on any atom is -0.320 e. The van der Waals surface area contributed by atoms with Crippen molar-refractivity contribution in [3.8, 4) is 11.8 Å². The zero-order valence-electron chi connectivity index (χ0n) is 9.25. The summed E-state index contributed by atoms with van der Waals surface area (Å²) < 4.78 is 3.65. The van der Waals surface area contributed by atoms with E-state index in [0.717, 1.165) is 11.5 Å². The molecule has 0 atom stereocenters. The maximum absolute atomic E-state index is 12.0. The predicted molar refractivity (Wildman–Crippen MR) is 68.0 cm³/mol. The van der Waals surface area contributed by atoms with Gasteiger partial charge in [-0.25, -0.2) is 4.98 Å². The average Bonchev–Trinajstić information content (AvgIpc) is 2.89. The van der Waals surface area contributed by atoms with Crippen LogP contribution in [0.3, 0.4) is 0 Å². The van der Waals surface area contributed by atoms with Gasteiger partial charge in [-0.15, -0.1) is 5.10 Å². The third kappa shape index (κ3) is 2.88. The molecule has 2 aromatic heterocycles. The van der Waals surface area contributed by atoms with Crippen LogP contribution in [-0.2, 0) is 0 Å². The Labute approximate surface area is 107 Å². The number of anilines is 1. The molecule has 0 aliphatic carbocycles. The fourth-order valence-electron chi connectivity index (χ4n) is 1.23. The highest BCUT2D eigenvalue weighted by Gasteiger charge is 2.12. The van der Waals surface area contributed by atoms with Crippen molar-refractivity contribution < 1.29 is 4.79 Å². The van der Waals surface area contributed by atoms with Crippen LogP contribution in [0.1, 0.15) is 16.1 Å². The lowest BCUT2D eigenvalue weighted by Gasteiger charge is -2.02. The molecule has 0 unspecified atom stereocenters. The van der Waals surface area contributed by atoms with Gasteiger partial charge in [0.1, 0.15) is 10.7 Å². The van der Waals surface area contributed by atoms with Crippen molar-refractivity contribution >= 4 is 22.4 Å². The molecule has 0 saturated carbocycles. The van der Waals surface area contributed by atoms with Crippen LogP contribution in [-0.4, -0.2) is 27.0 Å². The van der Waals surface area contributed by atoms with E-state index in [4.69, 9.17) is 5.73 Å². The number of pyridine rings is 1. The van der Waals surface area contributed by atoms with Gasteiger partial charge in [0.2, 0.25) is 0 Å². The number of hydrogen-bond acceptors (Lipinski definition) is 6. The van der Waals surface area contributed by atoms with Crippen LogP contribution in [0.5, 0.6) is 0 Å². The molecule has 2 rings (SSSR count). The van der Waals surface area contributed by atoms with E-state index < -0.39 is 0 Å². The molecule has 0 saturated heterocycles. The van der Waals surface area contributed by atoms with Crippen LogP contribution in [0.2, 0.25) is 0 Å². The normalized spacial score (nSPS) is 9.39. The van der Waals surface area contributed by atoms with E-state index in [1.54, 1.807) is 12.1 Å². The van der Waals surface area contributed by atoms with Gasteiger partial charge in [-0.05, 0) is 12.1 Å². The summed E-state index contributed by atoms with van der Waals surface area (Å²) in [5.41, 5.74) is 6.10. The molecule has 90 valence electrons. The lowest BCUT2D eigenvalue weighted by molar-refractivity contribution is 0.102. The minimum absolute atomic E-state index is 0.231. The van der Waals surface area contributed by atoms with Crippen molar-refractivity contribution in [1.82, 2.24) is 14.6 Å². The molecule has 0 aliphatic heterocycles. The molecular formula is C11H9N5OS. The van der Waals surface area contributed by atoms with Gasteiger partial charge in [0, 0.05) is 17.7 Å². The first kappa shape index (κ1) is 12.2. The van der Waals surface area contributed by atoms with Gasteiger partial charge in [0.25, 0.3) is 5.91 Å². The smallest absolute Gasteiger partial charge is 0.276 e. The summed E-state index contributed by atoms with van der Waals surface area (Å²) in [7, 11) is 0. The second-order valence-electron chi connectivity index (χ2n) is 3.14. The van der Waals surface area contributed by atoms with E-state index in [2.05, 4.69) is 31.7 Å². The fraction of sp³-hybridized carbons (Fsp3) is 0.0909. The molecule has 0 aromatic carbocycles. The van der Waals surface area contributed by atoms with E-state index in [9.17, 15) is 4.79 Å². The molecule has 2 aromatic rings. The number of rotatable bonds is 2. The van der Waals surface area contributed by atoms with Crippen LogP contribution in [0.25, 0.3) is 0 Å². The molecule has 0 fully saturated rings. The molecule has 7 heteroatoms. The Hall–Kier alpha value is -2.30. The molecule has 6 nitrogen and oxygen atoms in total. The Bertz CT molecular complexity index is 599. The molecule has 2 heterocycles. The summed E-state index contributed by atoms with van der Waals surface area (Å²) in [4.78, 5) is 16.0. The van der Waals surface area contributed by atoms with Crippen LogP contribution in [0, 0.1) is 11.8 Å². The van der Waals surface area contributed by atoms with Crippen LogP contribution >= 0.6 is 11.5 Å². The molecule has 0 bridgehead atoms. The van der Waals surface area contributed by atoms with Crippen molar-refractivity contribution in [2.24, 2.45) is 5.73 Å². The third-order valence-corrected chi connectivity index (χ3v) is 2.53. The highest BCUT2D eigenvalue weighted by Crippen LogP contribution is 2.12. The first-order chi connectivity index (χ1) is 8.81. The highest BCUT2D eigenvalue weighted by atomic mass is 32.1. The summed E-state index contributed by atoms with van der Waals surface area (Å²) >= 11 is 1.09. The van der Waals surface area contributed by atoms with Crippen LogP contribution in [0.4, 0.5) is 5.00 Å². The lowest BCUT2D eigenvalue weighted by Crippen LogP contribution is -2.14. The molecule has 3 N–H and O–H groups in total. The number of carbonyl (C=O) groups is 1. The summed E-state index contributed by atoms with van der Waals surface area (Å²) in [5, 5.41) is 6.84. The van der Waals surface area contributed by atoms with E-state index in [1.807, 2.05) is 0 Å². The number of carbonyl (C=O) groups excluding carboxylic acids is 1. The van der Waals surface area contributed by atoms with Crippen molar-refractivity contribution in [3.63, 3.8) is 0 Å². The number of hydrogen-bond donors (Lipinski definition) is 2. The molecule has 0 radical (unpaired) electrons.